The summed E-state index contributed by atoms with van der Waals surface area (Å²) < 4.78 is 44.2. The van der Waals surface area contributed by atoms with Crippen molar-refractivity contribution in [2.75, 3.05) is 24.4 Å². The molecule has 28 heavy (non-hydrogen) atoms. The van der Waals surface area contributed by atoms with Crippen LogP contribution in [0.15, 0.2) is 30.3 Å². The Bertz CT molecular complexity index is 811. The molecule has 0 saturated heterocycles. The van der Waals surface area contributed by atoms with E-state index in [9.17, 15) is 23.1 Å². The monoisotopic (exact) mass is 398 g/mol. The van der Waals surface area contributed by atoms with Crippen LogP contribution < -0.4 is 10.6 Å². The number of aliphatic hydroxyl groups is 1. The number of halogens is 3. The Morgan fingerprint density at radius 1 is 1.21 bits per heavy atom. The van der Waals surface area contributed by atoms with Crippen molar-refractivity contribution in [2.24, 2.45) is 5.92 Å². The van der Waals surface area contributed by atoms with Gasteiger partial charge >= 0.3 is 12.1 Å². The van der Waals surface area contributed by atoms with E-state index in [1.807, 2.05) is 13.8 Å². The highest BCUT2D eigenvalue weighted by atomic mass is 19.4. The first-order chi connectivity index (χ1) is 13.1. The Morgan fingerprint density at radius 3 is 2.36 bits per heavy atom. The largest absolute Gasteiger partial charge is 0.465 e. The molecule has 0 aliphatic rings. The molecule has 0 aliphatic heterocycles. The lowest BCUT2D eigenvalue weighted by molar-refractivity contribution is -0.141. The van der Waals surface area contributed by atoms with Crippen LogP contribution >= 0.6 is 0 Å². The number of benzene rings is 1. The zero-order valence-electron chi connectivity index (χ0n) is 15.5. The number of anilines is 3. The molecule has 2 rings (SSSR count). The van der Waals surface area contributed by atoms with E-state index in [-0.39, 0.29) is 24.3 Å². The number of nitrogens with one attached hydrogen (secondary N) is 2. The van der Waals surface area contributed by atoms with Crippen molar-refractivity contribution in [1.82, 2.24) is 9.97 Å². The number of rotatable bonds is 7. The van der Waals surface area contributed by atoms with E-state index in [0.717, 1.165) is 6.07 Å². The first-order valence-electron chi connectivity index (χ1n) is 8.43. The average molecular weight is 398 g/mol. The predicted octanol–water partition coefficient (Wildman–Crippen LogP) is 3.45. The number of hydrogen-bond acceptors (Lipinski definition) is 7. The predicted molar refractivity (Wildman–Crippen MR) is 97.4 cm³/mol. The second-order valence-corrected chi connectivity index (χ2v) is 6.33. The van der Waals surface area contributed by atoms with Crippen LogP contribution in [0.25, 0.3) is 0 Å². The summed E-state index contributed by atoms with van der Waals surface area (Å²) in [4.78, 5) is 19.0. The highest BCUT2D eigenvalue weighted by Crippen LogP contribution is 2.30. The Morgan fingerprint density at radius 2 is 1.86 bits per heavy atom. The van der Waals surface area contributed by atoms with Gasteiger partial charge in [-0.25, -0.2) is 9.78 Å². The lowest BCUT2D eigenvalue weighted by atomic mass is 10.1. The maximum Gasteiger partial charge on any atom is 0.433 e. The fourth-order valence-corrected chi connectivity index (χ4v) is 2.27. The molecular weight excluding hydrogens is 377 g/mol. The first-order valence-corrected chi connectivity index (χ1v) is 8.43. The number of hydrogen-bond donors (Lipinski definition) is 3. The summed E-state index contributed by atoms with van der Waals surface area (Å²) >= 11 is 0. The number of alkyl halides is 3. The van der Waals surface area contributed by atoms with E-state index in [4.69, 9.17) is 0 Å². The lowest BCUT2D eigenvalue weighted by Gasteiger charge is -2.21. The molecule has 0 fully saturated rings. The highest BCUT2D eigenvalue weighted by molar-refractivity contribution is 5.89. The van der Waals surface area contributed by atoms with Crippen LogP contribution in [-0.4, -0.2) is 40.8 Å². The molecule has 0 radical (unpaired) electrons. The molecule has 0 amide bonds. The average Bonchev–Trinajstić information content (AvgIpc) is 2.65. The summed E-state index contributed by atoms with van der Waals surface area (Å²) in [5.74, 6) is -0.916. The minimum atomic E-state index is -4.67. The number of esters is 1. The van der Waals surface area contributed by atoms with Gasteiger partial charge in [0.05, 0.1) is 25.3 Å². The quantitative estimate of drug-likeness (QED) is 0.615. The van der Waals surface area contributed by atoms with Crippen LogP contribution in [0.3, 0.4) is 0 Å². The summed E-state index contributed by atoms with van der Waals surface area (Å²) in [7, 11) is 1.25. The molecule has 10 heteroatoms. The van der Waals surface area contributed by atoms with Crippen LogP contribution in [0.4, 0.5) is 30.6 Å². The zero-order chi connectivity index (χ0) is 20.9. The van der Waals surface area contributed by atoms with Crippen molar-refractivity contribution in [3.05, 3.63) is 41.6 Å². The van der Waals surface area contributed by atoms with Gasteiger partial charge in [-0.3, -0.25) is 0 Å². The van der Waals surface area contributed by atoms with E-state index < -0.39 is 23.9 Å². The van der Waals surface area contributed by atoms with Crippen molar-refractivity contribution in [3.63, 3.8) is 0 Å². The molecule has 0 saturated carbocycles. The number of aromatic nitrogens is 2. The zero-order valence-corrected chi connectivity index (χ0v) is 15.5. The SMILES string of the molecule is COC(=O)c1ccc(Nc2cc(C(F)(F)F)nc(N[C@@H](CO)C(C)C)n2)cc1. The number of aliphatic hydroxyl groups excluding tert-OH is 1. The van der Waals surface area contributed by atoms with Gasteiger partial charge in [-0.15, -0.1) is 0 Å². The van der Waals surface area contributed by atoms with Crippen LogP contribution in [0, 0.1) is 5.92 Å². The van der Waals surface area contributed by atoms with Gasteiger partial charge in [-0.05, 0) is 30.2 Å². The van der Waals surface area contributed by atoms with Crippen LogP contribution in [0.5, 0.6) is 0 Å². The molecule has 1 aromatic heterocycles. The minimum absolute atomic E-state index is 0.0505. The molecule has 152 valence electrons. The fraction of sp³-hybridized carbons (Fsp3) is 0.389. The number of methoxy groups -OCH3 is 1. The molecule has 3 N–H and O–H groups in total. The summed E-state index contributed by atoms with van der Waals surface area (Å²) in [6.07, 6.45) is -4.67. The Kier molecular flexibility index (Phi) is 6.79. The van der Waals surface area contributed by atoms with E-state index in [0.29, 0.717) is 11.3 Å². The van der Waals surface area contributed by atoms with Gasteiger partial charge < -0.3 is 20.5 Å². The second kappa shape index (κ2) is 8.87. The molecule has 1 heterocycles. The molecule has 0 bridgehead atoms. The standard InChI is InChI=1S/C18H21F3N4O3/c1-10(2)13(9-26)23-17-24-14(18(19,20)21)8-15(25-17)22-12-6-4-11(5-7-12)16(27)28-3/h4-8,10,13,26H,9H2,1-3H3,(H2,22,23,24,25)/t13-/m0/s1. The smallest absolute Gasteiger partial charge is 0.433 e. The first kappa shape index (κ1) is 21.4. The van der Waals surface area contributed by atoms with Gasteiger partial charge in [0, 0.05) is 11.8 Å². The molecule has 0 unspecified atom stereocenters. The molecule has 1 aromatic carbocycles. The Balaban J connectivity index is 2.32. The summed E-state index contributed by atoms with van der Waals surface area (Å²) in [5.41, 5.74) is -0.399. The number of ether oxygens (including phenoxy) is 1. The second-order valence-electron chi connectivity index (χ2n) is 6.33. The van der Waals surface area contributed by atoms with Crippen molar-refractivity contribution >= 4 is 23.4 Å². The van der Waals surface area contributed by atoms with Crippen LogP contribution in [0.2, 0.25) is 0 Å². The minimum Gasteiger partial charge on any atom is -0.465 e. The van der Waals surface area contributed by atoms with Gasteiger partial charge in [0.15, 0.2) is 5.69 Å². The van der Waals surface area contributed by atoms with E-state index >= 15 is 0 Å². The Labute approximate surface area is 160 Å². The van der Waals surface area contributed by atoms with Crippen molar-refractivity contribution in [3.8, 4) is 0 Å². The molecule has 0 spiro atoms. The molecule has 2 aromatic rings. The fourth-order valence-electron chi connectivity index (χ4n) is 2.27. The van der Waals surface area contributed by atoms with Crippen molar-refractivity contribution < 1.29 is 27.8 Å². The third kappa shape index (κ3) is 5.56. The highest BCUT2D eigenvalue weighted by Gasteiger charge is 2.34. The van der Waals surface area contributed by atoms with Crippen LogP contribution in [0.1, 0.15) is 29.9 Å². The topological polar surface area (TPSA) is 96.4 Å². The molecule has 7 nitrogen and oxygen atoms in total. The van der Waals surface area contributed by atoms with Gasteiger partial charge in [0.1, 0.15) is 5.82 Å². The third-order valence-electron chi connectivity index (χ3n) is 3.91. The molecular formula is C18H21F3N4O3. The maximum atomic E-state index is 13.2. The van der Waals surface area contributed by atoms with Crippen LogP contribution in [-0.2, 0) is 10.9 Å². The van der Waals surface area contributed by atoms with Crippen molar-refractivity contribution in [1.29, 1.82) is 0 Å². The van der Waals surface area contributed by atoms with Gasteiger partial charge in [-0.2, -0.15) is 18.2 Å². The Hall–Kier alpha value is -2.88. The lowest BCUT2D eigenvalue weighted by Crippen LogP contribution is -2.30. The molecule has 0 aliphatic carbocycles. The summed E-state index contributed by atoms with van der Waals surface area (Å²) in [6, 6.07) is 6.25. The van der Waals surface area contributed by atoms with Gasteiger partial charge in [-0.1, -0.05) is 13.8 Å². The van der Waals surface area contributed by atoms with Gasteiger partial charge in [0.2, 0.25) is 5.95 Å². The van der Waals surface area contributed by atoms with E-state index in [1.165, 1.54) is 31.4 Å². The van der Waals surface area contributed by atoms with Gasteiger partial charge in [0.25, 0.3) is 0 Å². The maximum absolute atomic E-state index is 13.2. The summed E-state index contributed by atoms with van der Waals surface area (Å²) in [5, 5.41) is 14.9. The third-order valence-corrected chi connectivity index (χ3v) is 3.91. The number of carbonyl (C=O) groups excluding carboxylic acids is 1. The number of carbonyl (C=O) groups is 1. The summed E-state index contributed by atoms with van der Waals surface area (Å²) in [6.45, 7) is 3.34. The van der Waals surface area contributed by atoms with E-state index in [2.05, 4.69) is 25.3 Å². The number of nitrogens with zero attached hydrogens (tertiary/aromatic N) is 2. The normalized spacial score (nSPS) is 12.6. The van der Waals surface area contributed by atoms with E-state index in [1.54, 1.807) is 0 Å². The molecule has 1 atom stereocenters. The van der Waals surface area contributed by atoms with Crippen molar-refractivity contribution in [2.45, 2.75) is 26.1 Å².